The average molecular weight is 216 g/mol. The van der Waals surface area contributed by atoms with Crippen molar-refractivity contribution >= 4 is 16.4 Å². The number of aromatic hydroxyl groups is 1. The third-order valence-corrected chi connectivity index (χ3v) is 2.57. The van der Waals surface area contributed by atoms with Gasteiger partial charge in [-0.05, 0) is 11.6 Å². The van der Waals surface area contributed by atoms with Crippen molar-refractivity contribution in [1.82, 2.24) is 0 Å². The number of benzene rings is 1. The molecule has 0 saturated heterocycles. The molecule has 0 bridgehead atoms. The SMILES string of the molecule is O=CCc1ccc(O)cc1S(=O)(=O)O. The molecule has 5 nitrogen and oxygen atoms in total. The molecule has 0 amide bonds. The third-order valence-electron chi connectivity index (χ3n) is 1.63. The van der Waals surface area contributed by atoms with Crippen LogP contribution in [0.3, 0.4) is 0 Å². The number of hydrogen-bond donors (Lipinski definition) is 2. The Hall–Kier alpha value is -1.40. The first-order valence-corrected chi connectivity index (χ1v) is 5.12. The summed E-state index contributed by atoms with van der Waals surface area (Å²) in [6.45, 7) is 0. The molecule has 0 spiro atoms. The number of rotatable bonds is 3. The van der Waals surface area contributed by atoms with Crippen LogP contribution in [0.15, 0.2) is 23.1 Å². The zero-order chi connectivity index (χ0) is 10.8. The van der Waals surface area contributed by atoms with Crippen LogP contribution in [-0.2, 0) is 21.3 Å². The van der Waals surface area contributed by atoms with Crippen LogP contribution in [0.5, 0.6) is 5.75 Å². The fraction of sp³-hybridized carbons (Fsp3) is 0.125. The smallest absolute Gasteiger partial charge is 0.294 e. The lowest BCUT2D eigenvalue weighted by Crippen LogP contribution is -2.03. The molecule has 0 heterocycles. The minimum absolute atomic E-state index is 0.130. The van der Waals surface area contributed by atoms with Gasteiger partial charge in [0.2, 0.25) is 0 Å². The maximum atomic E-state index is 10.8. The van der Waals surface area contributed by atoms with Crippen LogP contribution in [0.25, 0.3) is 0 Å². The quantitative estimate of drug-likeness (QED) is 0.563. The molecule has 0 aromatic heterocycles. The Bertz CT molecular complexity index is 449. The van der Waals surface area contributed by atoms with E-state index in [-0.39, 0.29) is 17.7 Å². The van der Waals surface area contributed by atoms with Crippen molar-refractivity contribution in [3.8, 4) is 5.75 Å². The summed E-state index contributed by atoms with van der Waals surface area (Å²) in [7, 11) is -4.40. The average Bonchev–Trinajstić information content (AvgIpc) is 2.07. The second kappa shape index (κ2) is 3.77. The fourth-order valence-corrected chi connectivity index (χ4v) is 1.79. The summed E-state index contributed by atoms with van der Waals surface area (Å²) in [5, 5.41) is 9.01. The van der Waals surface area contributed by atoms with E-state index in [0.717, 1.165) is 6.07 Å². The molecule has 1 aromatic carbocycles. The molecule has 0 fully saturated rings. The van der Waals surface area contributed by atoms with Crippen molar-refractivity contribution in [1.29, 1.82) is 0 Å². The highest BCUT2D eigenvalue weighted by Crippen LogP contribution is 2.21. The van der Waals surface area contributed by atoms with Gasteiger partial charge in [0.1, 0.15) is 16.9 Å². The molecule has 14 heavy (non-hydrogen) atoms. The van der Waals surface area contributed by atoms with Gasteiger partial charge >= 0.3 is 0 Å². The lowest BCUT2D eigenvalue weighted by molar-refractivity contribution is -0.107. The van der Waals surface area contributed by atoms with Gasteiger partial charge in [-0.25, -0.2) is 0 Å². The van der Waals surface area contributed by atoms with Gasteiger partial charge in [-0.2, -0.15) is 8.42 Å². The summed E-state index contributed by atoms with van der Waals surface area (Å²) >= 11 is 0. The lowest BCUT2D eigenvalue weighted by atomic mass is 10.1. The highest BCUT2D eigenvalue weighted by atomic mass is 32.2. The number of carbonyl (C=O) groups excluding carboxylic acids is 1. The van der Waals surface area contributed by atoms with E-state index in [1.54, 1.807) is 0 Å². The minimum atomic E-state index is -4.40. The maximum Gasteiger partial charge on any atom is 0.294 e. The molecule has 0 radical (unpaired) electrons. The van der Waals surface area contributed by atoms with E-state index < -0.39 is 15.0 Å². The van der Waals surface area contributed by atoms with E-state index in [1.165, 1.54) is 12.1 Å². The number of hydrogen-bond acceptors (Lipinski definition) is 4. The Labute approximate surface area is 80.7 Å². The topological polar surface area (TPSA) is 91.7 Å². The van der Waals surface area contributed by atoms with Crippen LogP contribution in [-0.4, -0.2) is 24.4 Å². The maximum absolute atomic E-state index is 10.8. The van der Waals surface area contributed by atoms with E-state index in [4.69, 9.17) is 9.66 Å². The molecule has 0 aliphatic carbocycles. The normalized spacial score (nSPS) is 11.2. The van der Waals surface area contributed by atoms with Gasteiger partial charge in [-0.3, -0.25) is 4.55 Å². The van der Waals surface area contributed by atoms with Gasteiger partial charge in [-0.15, -0.1) is 0 Å². The second-order valence-corrected chi connectivity index (χ2v) is 4.03. The van der Waals surface area contributed by atoms with E-state index in [2.05, 4.69) is 0 Å². The first-order valence-electron chi connectivity index (χ1n) is 3.68. The summed E-state index contributed by atoms with van der Waals surface area (Å²) in [4.78, 5) is 9.76. The standard InChI is InChI=1S/C8H8O5S/c9-4-3-6-1-2-7(10)5-8(6)14(11,12)13/h1-2,4-5,10H,3H2,(H,11,12,13). The Morgan fingerprint density at radius 3 is 2.50 bits per heavy atom. The Kier molecular flexibility index (Phi) is 2.87. The number of aldehydes is 1. The van der Waals surface area contributed by atoms with E-state index in [0.29, 0.717) is 6.29 Å². The van der Waals surface area contributed by atoms with Crippen LogP contribution in [0.4, 0.5) is 0 Å². The first-order chi connectivity index (χ1) is 6.45. The molecular formula is C8H8O5S. The monoisotopic (exact) mass is 216 g/mol. The zero-order valence-corrected chi connectivity index (χ0v) is 7.86. The van der Waals surface area contributed by atoms with Crippen molar-refractivity contribution in [3.05, 3.63) is 23.8 Å². The number of phenols is 1. The zero-order valence-electron chi connectivity index (χ0n) is 7.04. The predicted octanol–water partition coefficient (Wildman–Crippen LogP) is 0.380. The summed E-state index contributed by atoms with van der Waals surface area (Å²) in [6.07, 6.45) is 0.385. The van der Waals surface area contributed by atoms with Gasteiger partial charge < -0.3 is 9.90 Å². The molecule has 0 aliphatic rings. The van der Waals surface area contributed by atoms with Crippen LogP contribution in [0, 0.1) is 0 Å². The summed E-state index contributed by atoms with van der Waals surface area (Å²) in [5.41, 5.74) is 0.153. The molecule has 0 saturated carbocycles. The number of phenolic OH excluding ortho intramolecular Hbond substituents is 1. The lowest BCUT2D eigenvalue weighted by Gasteiger charge is -2.03. The van der Waals surface area contributed by atoms with Gasteiger partial charge in [0.05, 0.1) is 0 Å². The fourth-order valence-electron chi connectivity index (χ4n) is 1.04. The first kappa shape index (κ1) is 10.7. The van der Waals surface area contributed by atoms with Crippen LogP contribution >= 0.6 is 0 Å². The van der Waals surface area contributed by atoms with Gasteiger partial charge in [0.15, 0.2) is 0 Å². The van der Waals surface area contributed by atoms with Crippen LogP contribution in [0.2, 0.25) is 0 Å². The Balaban J connectivity index is 3.37. The van der Waals surface area contributed by atoms with Crippen LogP contribution in [0.1, 0.15) is 5.56 Å². The molecule has 0 atom stereocenters. The molecule has 0 unspecified atom stereocenters. The molecule has 6 heteroatoms. The third kappa shape index (κ3) is 2.30. The van der Waals surface area contributed by atoms with Gasteiger partial charge in [0, 0.05) is 12.5 Å². The summed E-state index contributed by atoms with van der Waals surface area (Å²) in [5.74, 6) is -0.285. The van der Waals surface area contributed by atoms with Gasteiger partial charge in [-0.1, -0.05) is 6.07 Å². The van der Waals surface area contributed by atoms with Crippen molar-refractivity contribution in [2.24, 2.45) is 0 Å². The van der Waals surface area contributed by atoms with E-state index >= 15 is 0 Å². The van der Waals surface area contributed by atoms with Gasteiger partial charge in [0.25, 0.3) is 10.1 Å². The molecule has 0 aliphatic heterocycles. The van der Waals surface area contributed by atoms with E-state index in [9.17, 15) is 13.2 Å². The molecule has 1 rings (SSSR count). The molecule has 2 N–H and O–H groups in total. The minimum Gasteiger partial charge on any atom is -0.508 e. The second-order valence-electron chi connectivity index (χ2n) is 2.64. The van der Waals surface area contributed by atoms with E-state index in [1.807, 2.05) is 0 Å². The summed E-state index contributed by atoms with van der Waals surface area (Å²) < 4.78 is 30.4. The van der Waals surface area contributed by atoms with Crippen molar-refractivity contribution in [2.75, 3.05) is 0 Å². The molecular weight excluding hydrogens is 208 g/mol. The molecule has 1 aromatic rings. The molecule has 76 valence electrons. The largest absolute Gasteiger partial charge is 0.508 e. The highest BCUT2D eigenvalue weighted by molar-refractivity contribution is 7.85. The van der Waals surface area contributed by atoms with Crippen molar-refractivity contribution in [3.63, 3.8) is 0 Å². The van der Waals surface area contributed by atoms with Crippen molar-refractivity contribution in [2.45, 2.75) is 11.3 Å². The number of carbonyl (C=O) groups is 1. The highest BCUT2D eigenvalue weighted by Gasteiger charge is 2.15. The Morgan fingerprint density at radius 2 is 2.00 bits per heavy atom. The predicted molar refractivity (Wildman–Crippen MR) is 47.7 cm³/mol. The summed E-state index contributed by atoms with van der Waals surface area (Å²) in [6, 6.07) is 3.41. The van der Waals surface area contributed by atoms with Crippen molar-refractivity contribution < 1.29 is 22.9 Å². The Morgan fingerprint density at radius 1 is 1.36 bits per heavy atom. The van der Waals surface area contributed by atoms with Crippen LogP contribution < -0.4 is 0 Å².